The maximum absolute atomic E-state index is 12.2. The van der Waals surface area contributed by atoms with Crippen LogP contribution in [0.4, 0.5) is 0 Å². The number of nitrogens with zero attached hydrogens (tertiary/aromatic N) is 3. The lowest BCUT2D eigenvalue weighted by Crippen LogP contribution is -2.19. The Morgan fingerprint density at radius 3 is 2.79 bits per heavy atom. The van der Waals surface area contributed by atoms with Crippen molar-refractivity contribution in [3.8, 4) is 0 Å². The molecule has 8 heteroatoms. The van der Waals surface area contributed by atoms with E-state index in [1.165, 1.54) is 0 Å². The molecule has 0 saturated heterocycles. The van der Waals surface area contributed by atoms with E-state index in [0.717, 1.165) is 14.9 Å². The lowest BCUT2D eigenvalue weighted by atomic mass is 10.2. The molecule has 5 nitrogen and oxygen atoms in total. The highest BCUT2D eigenvalue weighted by atomic mass is 79.9. The summed E-state index contributed by atoms with van der Waals surface area (Å²) in [5.41, 5.74) is 3.88. The molecule has 0 radical (unpaired) electrons. The fourth-order valence-electron chi connectivity index (χ4n) is 1.98. The number of halogens is 2. The first kappa shape index (κ1) is 17.1. The average Bonchev–Trinajstić information content (AvgIpc) is 3.19. The van der Waals surface area contributed by atoms with Crippen molar-refractivity contribution in [3.63, 3.8) is 0 Å². The van der Waals surface area contributed by atoms with E-state index in [4.69, 9.17) is 0 Å². The number of aromatic nitrogens is 2. The Balaban J connectivity index is 1.66. The third-order valence-corrected chi connectivity index (χ3v) is 5.01. The Bertz CT molecular complexity index is 857. The fourth-order valence-corrected chi connectivity index (χ4v) is 3.33. The van der Waals surface area contributed by atoms with Gasteiger partial charge < -0.3 is 0 Å². The first-order valence-electron chi connectivity index (χ1n) is 6.96. The van der Waals surface area contributed by atoms with E-state index in [9.17, 15) is 4.79 Å². The average molecular weight is 468 g/mol. The van der Waals surface area contributed by atoms with Gasteiger partial charge in [0.15, 0.2) is 5.69 Å². The fraction of sp³-hybridized carbons (Fsp3) is 0.0625. The van der Waals surface area contributed by atoms with Crippen LogP contribution < -0.4 is 5.43 Å². The molecular weight excluding hydrogens is 456 g/mol. The van der Waals surface area contributed by atoms with Gasteiger partial charge in [-0.05, 0) is 45.1 Å². The second kappa shape index (κ2) is 7.87. The maximum Gasteiger partial charge on any atom is 0.293 e. The van der Waals surface area contributed by atoms with E-state index in [0.29, 0.717) is 16.7 Å². The topological polar surface area (TPSA) is 59.3 Å². The van der Waals surface area contributed by atoms with Crippen LogP contribution in [0.2, 0.25) is 0 Å². The number of rotatable bonds is 5. The molecule has 0 aliphatic heterocycles. The van der Waals surface area contributed by atoms with Crippen LogP contribution in [0.3, 0.4) is 0 Å². The van der Waals surface area contributed by atoms with E-state index in [-0.39, 0.29) is 5.91 Å². The molecule has 2 aromatic heterocycles. The van der Waals surface area contributed by atoms with Crippen molar-refractivity contribution < 1.29 is 4.79 Å². The van der Waals surface area contributed by atoms with Crippen molar-refractivity contribution in [1.82, 2.24) is 15.2 Å². The largest absolute Gasteiger partial charge is 0.293 e. The molecule has 1 aromatic carbocycles. The highest BCUT2D eigenvalue weighted by Crippen LogP contribution is 2.17. The maximum atomic E-state index is 12.2. The Kier molecular flexibility index (Phi) is 5.60. The molecule has 2 heterocycles. The normalized spacial score (nSPS) is 11.1. The van der Waals surface area contributed by atoms with E-state index >= 15 is 0 Å². The van der Waals surface area contributed by atoms with Crippen molar-refractivity contribution >= 4 is 55.3 Å². The Morgan fingerprint density at radius 2 is 2.08 bits per heavy atom. The van der Waals surface area contributed by atoms with E-state index in [2.05, 4.69) is 47.5 Å². The number of hydrogen-bond acceptors (Lipinski definition) is 4. The molecule has 3 rings (SSSR count). The van der Waals surface area contributed by atoms with Crippen LogP contribution in [0.1, 0.15) is 20.9 Å². The number of nitrogens with one attached hydrogen (secondary N) is 1. The number of hydrogen-bond donors (Lipinski definition) is 1. The molecule has 0 bridgehead atoms. The lowest BCUT2D eigenvalue weighted by Gasteiger charge is -2.01. The van der Waals surface area contributed by atoms with Gasteiger partial charge in [-0.15, -0.1) is 11.3 Å². The molecule has 0 atom stereocenters. The van der Waals surface area contributed by atoms with Gasteiger partial charge in [-0.25, -0.2) is 5.43 Å². The van der Waals surface area contributed by atoms with Crippen LogP contribution in [0.25, 0.3) is 0 Å². The standard InChI is InChI=1S/C16H12Br2N4OS/c17-12-5-3-11(4-6-12)9-22-10-14(18)15(21-22)16(23)20-19-8-13-2-1-7-24-13/h1-8,10H,9H2,(H,20,23)/b19-8-. The molecule has 0 unspecified atom stereocenters. The minimum atomic E-state index is -0.357. The minimum Gasteiger partial charge on any atom is -0.266 e. The van der Waals surface area contributed by atoms with Gasteiger partial charge in [-0.1, -0.05) is 34.1 Å². The summed E-state index contributed by atoms with van der Waals surface area (Å²) in [5, 5.41) is 10.2. The smallest absolute Gasteiger partial charge is 0.266 e. The van der Waals surface area contributed by atoms with Gasteiger partial charge in [-0.2, -0.15) is 10.2 Å². The van der Waals surface area contributed by atoms with Gasteiger partial charge in [0.25, 0.3) is 5.91 Å². The van der Waals surface area contributed by atoms with Crippen molar-refractivity contribution in [2.45, 2.75) is 6.54 Å². The molecule has 1 amide bonds. The third-order valence-electron chi connectivity index (χ3n) is 3.09. The first-order valence-corrected chi connectivity index (χ1v) is 9.43. The van der Waals surface area contributed by atoms with Crippen LogP contribution in [0, 0.1) is 0 Å². The number of carbonyl (C=O) groups is 1. The van der Waals surface area contributed by atoms with Crippen LogP contribution in [-0.2, 0) is 6.54 Å². The van der Waals surface area contributed by atoms with Crippen LogP contribution in [-0.4, -0.2) is 21.9 Å². The predicted octanol–water partition coefficient (Wildman–Crippen LogP) is 4.28. The minimum absolute atomic E-state index is 0.301. The van der Waals surface area contributed by atoms with Crippen molar-refractivity contribution in [2.24, 2.45) is 5.10 Å². The van der Waals surface area contributed by atoms with Gasteiger partial charge in [0, 0.05) is 15.5 Å². The van der Waals surface area contributed by atoms with Crippen molar-refractivity contribution in [1.29, 1.82) is 0 Å². The molecule has 1 N–H and O–H groups in total. The Labute approximate surface area is 159 Å². The molecule has 24 heavy (non-hydrogen) atoms. The summed E-state index contributed by atoms with van der Waals surface area (Å²) in [5.74, 6) is -0.357. The number of carbonyl (C=O) groups excluding carboxylic acids is 1. The molecular formula is C16H12Br2N4OS. The molecule has 0 fully saturated rings. The van der Waals surface area contributed by atoms with Gasteiger partial charge in [-0.3, -0.25) is 9.48 Å². The SMILES string of the molecule is O=C(N/N=C\c1cccs1)c1nn(Cc2ccc(Br)cc2)cc1Br. The molecule has 0 spiro atoms. The molecule has 3 aromatic rings. The summed E-state index contributed by atoms with van der Waals surface area (Å²) in [4.78, 5) is 13.1. The van der Waals surface area contributed by atoms with Gasteiger partial charge in [0.1, 0.15) is 0 Å². The summed E-state index contributed by atoms with van der Waals surface area (Å²) in [6.45, 7) is 0.581. The zero-order chi connectivity index (χ0) is 16.9. The highest BCUT2D eigenvalue weighted by Gasteiger charge is 2.14. The summed E-state index contributed by atoms with van der Waals surface area (Å²) in [6, 6.07) is 11.8. The summed E-state index contributed by atoms with van der Waals surface area (Å²) in [7, 11) is 0. The second-order valence-corrected chi connectivity index (χ2v) is 7.61. The third kappa shape index (κ3) is 4.40. The Morgan fingerprint density at radius 1 is 1.29 bits per heavy atom. The van der Waals surface area contributed by atoms with E-state index in [1.54, 1.807) is 28.4 Å². The number of amides is 1. The molecule has 0 aliphatic rings. The zero-order valence-electron chi connectivity index (χ0n) is 12.3. The number of benzene rings is 1. The zero-order valence-corrected chi connectivity index (χ0v) is 16.3. The quantitative estimate of drug-likeness (QED) is 0.449. The van der Waals surface area contributed by atoms with Gasteiger partial charge >= 0.3 is 0 Å². The summed E-state index contributed by atoms with van der Waals surface area (Å²) < 4.78 is 3.37. The number of thiophene rings is 1. The van der Waals surface area contributed by atoms with Crippen molar-refractivity contribution in [2.75, 3.05) is 0 Å². The molecule has 0 saturated carbocycles. The molecule has 0 aliphatic carbocycles. The second-order valence-electron chi connectivity index (χ2n) is 4.86. The van der Waals surface area contributed by atoms with Crippen LogP contribution >= 0.6 is 43.2 Å². The highest BCUT2D eigenvalue weighted by molar-refractivity contribution is 9.10. The summed E-state index contributed by atoms with van der Waals surface area (Å²) in [6.07, 6.45) is 3.38. The number of hydrazone groups is 1. The van der Waals surface area contributed by atoms with E-state index < -0.39 is 0 Å². The predicted molar refractivity (Wildman–Crippen MR) is 103 cm³/mol. The monoisotopic (exact) mass is 466 g/mol. The Hall–Kier alpha value is -1.77. The van der Waals surface area contributed by atoms with Gasteiger partial charge in [0.2, 0.25) is 0 Å². The van der Waals surface area contributed by atoms with E-state index in [1.807, 2.05) is 41.8 Å². The van der Waals surface area contributed by atoms with Gasteiger partial charge in [0.05, 0.1) is 17.2 Å². The molecule has 122 valence electrons. The first-order chi connectivity index (χ1) is 11.6. The van der Waals surface area contributed by atoms with Crippen molar-refractivity contribution in [3.05, 3.63) is 73.1 Å². The summed E-state index contributed by atoms with van der Waals surface area (Å²) >= 11 is 8.33. The lowest BCUT2D eigenvalue weighted by molar-refractivity contribution is 0.0948. The van der Waals surface area contributed by atoms with Crippen LogP contribution in [0.15, 0.2) is 62.0 Å². The van der Waals surface area contributed by atoms with Crippen LogP contribution in [0.5, 0.6) is 0 Å².